The number of hydrogen-bond donors (Lipinski definition) is 0. The Balaban J connectivity index is 1.67. The molecule has 1 aliphatic carbocycles. The molecule has 1 aromatic heterocycles. The molecule has 4 nitrogen and oxygen atoms in total. The second-order valence-corrected chi connectivity index (χ2v) is 7.78. The topological polar surface area (TPSA) is 42.4 Å². The fraction of sp³-hybridized carbons (Fsp3) is 0.429. The molecule has 1 aromatic carbocycles. The van der Waals surface area contributed by atoms with Crippen molar-refractivity contribution in [3.8, 4) is 11.3 Å². The van der Waals surface area contributed by atoms with Crippen molar-refractivity contribution in [1.29, 1.82) is 0 Å². The van der Waals surface area contributed by atoms with Crippen molar-refractivity contribution in [2.45, 2.75) is 26.7 Å². The summed E-state index contributed by atoms with van der Waals surface area (Å²) in [6.45, 7) is 7.67. The Labute approximate surface area is 148 Å². The van der Waals surface area contributed by atoms with Crippen molar-refractivity contribution in [2.75, 3.05) is 31.2 Å². The van der Waals surface area contributed by atoms with Crippen LogP contribution >= 0.6 is 0 Å². The second-order valence-electron chi connectivity index (χ2n) is 7.78. The molecule has 0 radical (unpaired) electrons. The molecule has 1 aliphatic heterocycles. The zero-order valence-corrected chi connectivity index (χ0v) is 14.9. The summed E-state index contributed by atoms with van der Waals surface area (Å²) in [6.07, 6.45) is 1.46. The molecule has 25 heavy (non-hydrogen) atoms. The van der Waals surface area contributed by atoms with Gasteiger partial charge in [0, 0.05) is 36.3 Å². The molecule has 4 rings (SSSR count). The van der Waals surface area contributed by atoms with Gasteiger partial charge in [0.2, 0.25) is 0 Å². The van der Waals surface area contributed by atoms with Crippen LogP contribution in [-0.4, -0.2) is 37.1 Å². The van der Waals surface area contributed by atoms with Crippen molar-refractivity contribution in [2.24, 2.45) is 5.41 Å². The molecule has 2 heterocycles. The molecule has 0 bridgehead atoms. The second kappa shape index (κ2) is 6.26. The summed E-state index contributed by atoms with van der Waals surface area (Å²) >= 11 is 0. The molecule has 0 N–H and O–H groups in total. The number of Topliss-reactive ketones (excluding diaryl/α,β-unsaturated/α-hetero) is 1. The first kappa shape index (κ1) is 16.3. The summed E-state index contributed by atoms with van der Waals surface area (Å²) in [5.41, 5.74) is 4.98. The SMILES string of the molecule is CC1(C)CC(=O)c2ccc(-c3cccc(N4CCOCC4)c3)nc2C1. The lowest BCUT2D eigenvalue weighted by Gasteiger charge is -2.30. The van der Waals surface area contributed by atoms with Gasteiger partial charge in [0.15, 0.2) is 5.78 Å². The number of carbonyl (C=O) groups excluding carboxylic acids is 1. The number of pyridine rings is 1. The van der Waals surface area contributed by atoms with E-state index in [1.54, 1.807) is 0 Å². The first-order chi connectivity index (χ1) is 12.0. The Hall–Kier alpha value is -2.20. The molecular formula is C21H24N2O2. The maximum Gasteiger partial charge on any atom is 0.165 e. The van der Waals surface area contributed by atoms with Gasteiger partial charge in [-0.3, -0.25) is 9.78 Å². The molecule has 0 saturated carbocycles. The van der Waals surface area contributed by atoms with Gasteiger partial charge in [-0.25, -0.2) is 0 Å². The van der Waals surface area contributed by atoms with Crippen molar-refractivity contribution in [3.63, 3.8) is 0 Å². The molecule has 0 amide bonds. The standard InChI is InChI=1S/C21H24N2O2/c1-21(2)13-19-17(20(24)14-21)6-7-18(22-19)15-4-3-5-16(12-15)23-8-10-25-11-9-23/h3-7,12H,8-11,13-14H2,1-2H3. The predicted molar refractivity (Wildman–Crippen MR) is 99.1 cm³/mol. The maximum atomic E-state index is 12.4. The van der Waals surface area contributed by atoms with E-state index in [0.717, 1.165) is 55.2 Å². The lowest BCUT2D eigenvalue weighted by Crippen LogP contribution is -2.36. The van der Waals surface area contributed by atoms with Crippen LogP contribution in [0.25, 0.3) is 11.3 Å². The number of rotatable bonds is 2. The third-order valence-electron chi connectivity index (χ3n) is 5.08. The third kappa shape index (κ3) is 3.31. The Kier molecular flexibility index (Phi) is 4.08. The Morgan fingerprint density at radius 1 is 1.08 bits per heavy atom. The smallest absolute Gasteiger partial charge is 0.165 e. The van der Waals surface area contributed by atoms with Crippen molar-refractivity contribution < 1.29 is 9.53 Å². The van der Waals surface area contributed by atoms with E-state index in [0.29, 0.717) is 6.42 Å². The highest BCUT2D eigenvalue weighted by Crippen LogP contribution is 2.35. The molecule has 0 spiro atoms. The highest BCUT2D eigenvalue weighted by molar-refractivity contribution is 5.98. The highest BCUT2D eigenvalue weighted by Gasteiger charge is 2.31. The Bertz CT molecular complexity index is 807. The van der Waals surface area contributed by atoms with Gasteiger partial charge >= 0.3 is 0 Å². The van der Waals surface area contributed by atoms with Gasteiger partial charge in [-0.1, -0.05) is 26.0 Å². The number of ether oxygens (including phenoxy) is 1. The van der Waals surface area contributed by atoms with Gasteiger partial charge in [0.1, 0.15) is 0 Å². The van der Waals surface area contributed by atoms with Crippen LogP contribution in [-0.2, 0) is 11.2 Å². The first-order valence-electron chi connectivity index (χ1n) is 8.98. The monoisotopic (exact) mass is 336 g/mol. The number of ketones is 1. The van der Waals surface area contributed by atoms with Gasteiger partial charge in [0.05, 0.1) is 24.6 Å². The van der Waals surface area contributed by atoms with Gasteiger partial charge in [-0.2, -0.15) is 0 Å². The number of carbonyl (C=O) groups is 1. The lowest BCUT2D eigenvalue weighted by atomic mass is 9.75. The largest absolute Gasteiger partial charge is 0.378 e. The van der Waals surface area contributed by atoms with E-state index in [-0.39, 0.29) is 11.2 Å². The molecular weight excluding hydrogens is 312 g/mol. The molecule has 1 fully saturated rings. The number of aromatic nitrogens is 1. The van der Waals surface area contributed by atoms with Crippen LogP contribution in [0.5, 0.6) is 0 Å². The molecule has 0 atom stereocenters. The van der Waals surface area contributed by atoms with Gasteiger partial charge < -0.3 is 9.64 Å². The Morgan fingerprint density at radius 3 is 2.68 bits per heavy atom. The minimum atomic E-state index is -0.00858. The van der Waals surface area contributed by atoms with Crippen LogP contribution in [0.15, 0.2) is 36.4 Å². The fourth-order valence-corrected chi connectivity index (χ4v) is 3.78. The number of fused-ring (bicyclic) bond motifs is 1. The van der Waals surface area contributed by atoms with E-state index in [9.17, 15) is 4.79 Å². The molecule has 1 saturated heterocycles. The molecule has 130 valence electrons. The number of benzene rings is 1. The molecule has 2 aliphatic rings. The number of anilines is 1. The van der Waals surface area contributed by atoms with Gasteiger partial charge in [0.25, 0.3) is 0 Å². The van der Waals surface area contributed by atoms with Crippen LogP contribution in [0.2, 0.25) is 0 Å². The molecule has 0 unspecified atom stereocenters. The zero-order valence-electron chi connectivity index (χ0n) is 14.9. The van der Waals surface area contributed by atoms with Gasteiger partial charge in [-0.15, -0.1) is 0 Å². The van der Waals surface area contributed by atoms with E-state index < -0.39 is 0 Å². The van der Waals surface area contributed by atoms with Crippen molar-refractivity contribution in [3.05, 3.63) is 47.7 Å². The third-order valence-corrected chi connectivity index (χ3v) is 5.08. The normalized spacial score (nSPS) is 19.6. The van der Waals surface area contributed by atoms with Crippen LogP contribution < -0.4 is 4.90 Å². The van der Waals surface area contributed by atoms with E-state index in [1.165, 1.54) is 5.69 Å². The van der Waals surface area contributed by atoms with Crippen LogP contribution in [0.4, 0.5) is 5.69 Å². The van der Waals surface area contributed by atoms with E-state index in [4.69, 9.17) is 9.72 Å². The minimum absolute atomic E-state index is 0.00858. The number of morpholine rings is 1. The predicted octanol–water partition coefficient (Wildman–Crippen LogP) is 3.74. The summed E-state index contributed by atoms with van der Waals surface area (Å²) in [4.78, 5) is 19.5. The summed E-state index contributed by atoms with van der Waals surface area (Å²) in [7, 11) is 0. The maximum absolute atomic E-state index is 12.4. The quantitative estimate of drug-likeness (QED) is 0.838. The van der Waals surface area contributed by atoms with Crippen LogP contribution in [0.1, 0.15) is 36.3 Å². The average molecular weight is 336 g/mol. The molecule has 2 aromatic rings. The Morgan fingerprint density at radius 2 is 1.88 bits per heavy atom. The van der Waals surface area contributed by atoms with E-state index >= 15 is 0 Å². The van der Waals surface area contributed by atoms with E-state index in [1.807, 2.05) is 12.1 Å². The summed E-state index contributed by atoms with van der Waals surface area (Å²) in [5.74, 6) is 0.215. The molecule has 4 heteroatoms. The fourth-order valence-electron chi connectivity index (χ4n) is 3.78. The summed E-state index contributed by atoms with van der Waals surface area (Å²) in [5, 5.41) is 0. The number of nitrogens with zero attached hydrogens (tertiary/aromatic N) is 2. The summed E-state index contributed by atoms with van der Waals surface area (Å²) < 4.78 is 5.44. The summed E-state index contributed by atoms with van der Waals surface area (Å²) in [6, 6.07) is 12.4. The van der Waals surface area contributed by atoms with E-state index in [2.05, 4.69) is 43.0 Å². The van der Waals surface area contributed by atoms with Crippen molar-refractivity contribution in [1.82, 2.24) is 4.98 Å². The van der Waals surface area contributed by atoms with Crippen molar-refractivity contribution >= 4 is 11.5 Å². The first-order valence-corrected chi connectivity index (χ1v) is 8.98. The minimum Gasteiger partial charge on any atom is -0.378 e. The lowest BCUT2D eigenvalue weighted by molar-refractivity contribution is 0.0910. The average Bonchev–Trinajstić information content (AvgIpc) is 2.61. The number of hydrogen-bond acceptors (Lipinski definition) is 4. The van der Waals surface area contributed by atoms with Gasteiger partial charge in [-0.05, 0) is 36.1 Å². The van der Waals surface area contributed by atoms with Crippen LogP contribution in [0, 0.1) is 5.41 Å². The highest BCUT2D eigenvalue weighted by atomic mass is 16.5. The zero-order chi connectivity index (χ0) is 17.4. The van der Waals surface area contributed by atoms with Crippen LogP contribution in [0.3, 0.4) is 0 Å².